The van der Waals surface area contributed by atoms with Gasteiger partial charge in [0.05, 0.1) is 0 Å². The van der Waals surface area contributed by atoms with Crippen molar-refractivity contribution < 1.29 is 9.59 Å². The number of anilines is 2. The number of hydrogen-bond donors (Lipinski definition) is 3. The van der Waals surface area contributed by atoms with Gasteiger partial charge in [0.1, 0.15) is 6.04 Å². The molecule has 2 aromatic rings. The van der Waals surface area contributed by atoms with Crippen LogP contribution in [0.5, 0.6) is 0 Å². The summed E-state index contributed by atoms with van der Waals surface area (Å²) in [6.07, 6.45) is 1.90. The van der Waals surface area contributed by atoms with E-state index >= 15 is 0 Å². The van der Waals surface area contributed by atoms with E-state index in [1.165, 1.54) is 0 Å². The molecule has 1 aliphatic carbocycles. The molecule has 1 aliphatic rings. The van der Waals surface area contributed by atoms with Crippen molar-refractivity contribution in [3.05, 3.63) is 59.7 Å². The summed E-state index contributed by atoms with van der Waals surface area (Å²) in [6, 6.07) is 13.9. The van der Waals surface area contributed by atoms with Gasteiger partial charge < -0.3 is 16.4 Å². The van der Waals surface area contributed by atoms with Crippen LogP contribution in [0.4, 0.5) is 11.4 Å². The van der Waals surface area contributed by atoms with Gasteiger partial charge in [-0.25, -0.2) is 0 Å². The van der Waals surface area contributed by atoms with Crippen molar-refractivity contribution in [3.63, 3.8) is 0 Å². The number of nitrogens with two attached hydrogens (primary N) is 1. The third kappa shape index (κ3) is 4.00. The van der Waals surface area contributed by atoms with E-state index in [0.29, 0.717) is 11.4 Å². The van der Waals surface area contributed by atoms with Gasteiger partial charge in [0, 0.05) is 17.3 Å². The van der Waals surface area contributed by atoms with E-state index in [1.807, 2.05) is 31.2 Å². The first-order valence-electron chi connectivity index (χ1n) is 8.07. The Hall–Kier alpha value is -2.66. The number of aryl methyl sites for hydroxylation is 1. The average Bonchev–Trinajstić information content (AvgIpc) is 3.40. The number of benzene rings is 2. The highest BCUT2D eigenvalue weighted by Gasteiger charge is 2.29. The molecule has 0 bridgehead atoms. The van der Waals surface area contributed by atoms with Gasteiger partial charge >= 0.3 is 0 Å². The van der Waals surface area contributed by atoms with Crippen molar-refractivity contribution in [2.75, 3.05) is 10.6 Å². The fourth-order valence-corrected chi connectivity index (χ4v) is 2.41. The number of rotatable bonds is 5. The molecular formula is C19H21N3O2. The Morgan fingerprint density at radius 1 is 1.04 bits per heavy atom. The lowest BCUT2D eigenvalue weighted by atomic mass is 10.1. The first-order chi connectivity index (χ1) is 11.5. The van der Waals surface area contributed by atoms with E-state index in [9.17, 15) is 9.59 Å². The van der Waals surface area contributed by atoms with Crippen LogP contribution in [-0.4, -0.2) is 11.8 Å². The maximum Gasteiger partial charge on any atom is 0.245 e. The summed E-state index contributed by atoms with van der Waals surface area (Å²) in [7, 11) is 0. The zero-order valence-corrected chi connectivity index (χ0v) is 13.6. The molecule has 24 heavy (non-hydrogen) atoms. The van der Waals surface area contributed by atoms with Gasteiger partial charge in [-0.3, -0.25) is 9.59 Å². The number of hydrogen-bond acceptors (Lipinski definition) is 3. The molecule has 0 aliphatic heterocycles. The zero-order valence-electron chi connectivity index (χ0n) is 13.6. The fraction of sp³-hybridized carbons (Fsp3) is 0.263. The van der Waals surface area contributed by atoms with E-state index in [-0.39, 0.29) is 17.7 Å². The molecule has 0 spiro atoms. The van der Waals surface area contributed by atoms with E-state index in [4.69, 9.17) is 5.73 Å². The van der Waals surface area contributed by atoms with E-state index in [2.05, 4.69) is 10.6 Å². The Bertz CT molecular complexity index is 751. The van der Waals surface area contributed by atoms with Crippen LogP contribution in [0, 0.1) is 12.8 Å². The number of carbonyl (C=O) groups excluding carboxylic acids is 2. The Morgan fingerprint density at radius 2 is 1.67 bits per heavy atom. The van der Waals surface area contributed by atoms with Crippen LogP contribution in [0.25, 0.3) is 0 Å². The van der Waals surface area contributed by atoms with E-state index in [0.717, 1.165) is 24.0 Å². The first kappa shape index (κ1) is 16.2. The van der Waals surface area contributed by atoms with Crippen molar-refractivity contribution in [2.24, 2.45) is 11.7 Å². The van der Waals surface area contributed by atoms with Crippen molar-refractivity contribution in [1.82, 2.24) is 0 Å². The summed E-state index contributed by atoms with van der Waals surface area (Å²) in [5, 5.41) is 5.66. The molecule has 2 amide bonds. The molecule has 1 atom stereocenters. The van der Waals surface area contributed by atoms with Gasteiger partial charge in [0.25, 0.3) is 0 Å². The SMILES string of the molecule is Cc1ccc(C(N)C(=O)Nc2cccc(NC(=O)C3CC3)c2)cc1. The smallest absolute Gasteiger partial charge is 0.245 e. The van der Waals surface area contributed by atoms with Crippen LogP contribution in [-0.2, 0) is 9.59 Å². The second-order valence-electron chi connectivity index (χ2n) is 6.22. The molecule has 0 aromatic heterocycles. The van der Waals surface area contributed by atoms with Gasteiger partial charge in [0.2, 0.25) is 11.8 Å². The van der Waals surface area contributed by atoms with Gasteiger partial charge in [-0.05, 0) is 43.5 Å². The van der Waals surface area contributed by atoms with Gasteiger partial charge in [-0.1, -0.05) is 35.9 Å². The van der Waals surface area contributed by atoms with E-state index in [1.54, 1.807) is 24.3 Å². The quantitative estimate of drug-likeness (QED) is 0.791. The van der Waals surface area contributed by atoms with Crippen LogP contribution in [0.15, 0.2) is 48.5 Å². The van der Waals surface area contributed by atoms with Crippen molar-refractivity contribution in [2.45, 2.75) is 25.8 Å². The zero-order chi connectivity index (χ0) is 17.1. The molecule has 124 valence electrons. The lowest BCUT2D eigenvalue weighted by molar-refractivity contribution is -0.118. The fourth-order valence-electron chi connectivity index (χ4n) is 2.41. The Morgan fingerprint density at radius 3 is 2.29 bits per heavy atom. The highest BCUT2D eigenvalue weighted by Crippen LogP contribution is 2.30. The minimum absolute atomic E-state index is 0.0369. The number of nitrogens with one attached hydrogen (secondary N) is 2. The minimum Gasteiger partial charge on any atom is -0.326 e. The largest absolute Gasteiger partial charge is 0.326 e. The molecule has 2 aromatic carbocycles. The third-order valence-corrected chi connectivity index (χ3v) is 4.06. The molecule has 1 unspecified atom stereocenters. The van der Waals surface area contributed by atoms with Crippen LogP contribution >= 0.6 is 0 Å². The normalized spacial score (nSPS) is 14.8. The molecule has 1 saturated carbocycles. The highest BCUT2D eigenvalue weighted by molar-refractivity contribution is 5.97. The molecule has 3 rings (SSSR count). The Labute approximate surface area is 141 Å². The average molecular weight is 323 g/mol. The predicted molar refractivity (Wildman–Crippen MR) is 94.5 cm³/mol. The Kier molecular flexibility index (Phi) is 4.62. The topological polar surface area (TPSA) is 84.2 Å². The lowest BCUT2D eigenvalue weighted by Gasteiger charge is -2.14. The van der Waals surface area contributed by atoms with Crippen molar-refractivity contribution in [3.8, 4) is 0 Å². The Balaban J connectivity index is 1.65. The van der Waals surface area contributed by atoms with Crippen LogP contribution < -0.4 is 16.4 Å². The molecule has 0 heterocycles. The molecule has 1 fully saturated rings. The maximum absolute atomic E-state index is 12.3. The second kappa shape index (κ2) is 6.84. The van der Waals surface area contributed by atoms with Crippen molar-refractivity contribution in [1.29, 1.82) is 0 Å². The summed E-state index contributed by atoms with van der Waals surface area (Å²) in [5.74, 6) is -0.113. The van der Waals surface area contributed by atoms with Crippen LogP contribution in [0.3, 0.4) is 0 Å². The summed E-state index contributed by atoms with van der Waals surface area (Å²) in [6.45, 7) is 1.98. The monoisotopic (exact) mass is 323 g/mol. The van der Waals surface area contributed by atoms with Gasteiger partial charge in [-0.2, -0.15) is 0 Å². The van der Waals surface area contributed by atoms with Crippen LogP contribution in [0.1, 0.15) is 30.0 Å². The summed E-state index contributed by atoms with van der Waals surface area (Å²) < 4.78 is 0. The molecule has 0 saturated heterocycles. The highest BCUT2D eigenvalue weighted by atomic mass is 16.2. The first-order valence-corrected chi connectivity index (χ1v) is 8.07. The molecule has 5 nitrogen and oxygen atoms in total. The van der Waals surface area contributed by atoms with E-state index < -0.39 is 6.04 Å². The lowest BCUT2D eigenvalue weighted by Crippen LogP contribution is -2.27. The minimum atomic E-state index is -0.740. The second-order valence-corrected chi connectivity index (χ2v) is 6.22. The predicted octanol–water partition coefficient (Wildman–Crippen LogP) is 2.98. The molecular weight excluding hydrogens is 302 g/mol. The van der Waals surface area contributed by atoms with Crippen LogP contribution in [0.2, 0.25) is 0 Å². The summed E-state index contributed by atoms with van der Waals surface area (Å²) >= 11 is 0. The number of amides is 2. The number of carbonyl (C=O) groups is 2. The molecule has 5 heteroatoms. The maximum atomic E-state index is 12.3. The van der Waals surface area contributed by atoms with Gasteiger partial charge in [0.15, 0.2) is 0 Å². The third-order valence-electron chi connectivity index (χ3n) is 4.06. The van der Waals surface area contributed by atoms with Gasteiger partial charge in [-0.15, -0.1) is 0 Å². The summed E-state index contributed by atoms with van der Waals surface area (Å²) in [4.78, 5) is 24.1. The molecule has 0 radical (unpaired) electrons. The molecule has 4 N–H and O–H groups in total. The summed E-state index contributed by atoms with van der Waals surface area (Å²) in [5.41, 5.74) is 9.18. The van der Waals surface area contributed by atoms with Crippen molar-refractivity contribution >= 4 is 23.2 Å². The standard InChI is InChI=1S/C19H21N3O2/c1-12-5-7-13(8-6-12)17(20)19(24)22-16-4-2-3-15(11-16)21-18(23)14-9-10-14/h2-8,11,14,17H,9-10,20H2,1H3,(H,21,23)(H,22,24).